The van der Waals surface area contributed by atoms with Gasteiger partial charge in [-0.25, -0.2) is 0 Å². The minimum atomic E-state index is -0.389. The first-order valence-electron chi connectivity index (χ1n) is 6.82. The van der Waals surface area contributed by atoms with Crippen LogP contribution in [0.2, 0.25) is 0 Å². The quantitative estimate of drug-likeness (QED) is 0.765. The number of aliphatic hydroxyl groups excluding tert-OH is 1. The van der Waals surface area contributed by atoms with Gasteiger partial charge in [0.15, 0.2) is 0 Å². The maximum absolute atomic E-state index is 11.9. The van der Waals surface area contributed by atoms with E-state index in [1.54, 1.807) is 24.3 Å². The molecule has 0 aliphatic heterocycles. The molecular formula is C15H19BrN2O3. The highest BCUT2D eigenvalue weighted by Gasteiger charge is 2.47. The van der Waals surface area contributed by atoms with Crippen LogP contribution in [0.25, 0.3) is 0 Å². The van der Waals surface area contributed by atoms with Gasteiger partial charge in [-0.3, -0.25) is 9.59 Å². The molecule has 1 fully saturated rings. The highest BCUT2D eigenvalue weighted by atomic mass is 79.9. The van der Waals surface area contributed by atoms with Crippen molar-refractivity contribution in [2.24, 2.45) is 5.41 Å². The molecule has 1 aliphatic carbocycles. The van der Waals surface area contributed by atoms with Crippen molar-refractivity contribution < 1.29 is 14.7 Å². The average molecular weight is 355 g/mol. The minimum absolute atomic E-state index is 0.0513. The Bertz CT molecular complexity index is 542. The second-order valence-electron chi connectivity index (χ2n) is 5.88. The second-order valence-corrected chi connectivity index (χ2v) is 6.80. The van der Waals surface area contributed by atoms with Crippen LogP contribution in [-0.2, 0) is 4.79 Å². The summed E-state index contributed by atoms with van der Waals surface area (Å²) in [5, 5.41) is 15.0. The predicted molar refractivity (Wildman–Crippen MR) is 82.8 cm³/mol. The molecule has 6 heteroatoms. The number of carbonyl (C=O) groups is 2. The second kappa shape index (κ2) is 6.15. The Hall–Kier alpha value is -1.40. The zero-order chi connectivity index (χ0) is 15.6. The Morgan fingerprint density at radius 2 is 1.95 bits per heavy atom. The molecule has 0 radical (unpaired) electrons. The van der Waals surface area contributed by atoms with E-state index in [2.05, 4.69) is 26.6 Å². The van der Waals surface area contributed by atoms with Crippen molar-refractivity contribution in [1.29, 1.82) is 0 Å². The van der Waals surface area contributed by atoms with Gasteiger partial charge >= 0.3 is 0 Å². The molecule has 1 aromatic rings. The summed E-state index contributed by atoms with van der Waals surface area (Å²) in [6.45, 7) is 3.75. The Morgan fingerprint density at radius 3 is 2.48 bits per heavy atom. The van der Waals surface area contributed by atoms with Crippen molar-refractivity contribution in [2.45, 2.75) is 32.4 Å². The van der Waals surface area contributed by atoms with Gasteiger partial charge in [-0.05, 0) is 30.7 Å². The zero-order valence-corrected chi connectivity index (χ0v) is 13.6. The molecule has 2 rings (SSSR count). The van der Waals surface area contributed by atoms with Gasteiger partial charge in [0.2, 0.25) is 5.91 Å². The number of amides is 2. The summed E-state index contributed by atoms with van der Waals surface area (Å²) < 4.78 is 0.891. The van der Waals surface area contributed by atoms with E-state index in [9.17, 15) is 14.7 Å². The molecule has 2 amide bonds. The fraction of sp³-hybridized carbons (Fsp3) is 0.467. The van der Waals surface area contributed by atoms with Crippen molar-refractivity contribution in [3.05, 3.63) is 34.3 Å². The molecule has 3 N–H and O–H groups in total. The van der Waals surface area contributed by atoms with Gasteiger partial charge in [-0.15, -0.1) is 0 Å². The van der Waals surface area contributed by atoms with E-state index in [1.165, 1.54) is 0 Å². The van der Waals surface area contributed by atoms with Crippen molar-refractivity contribution in [3.8, 4) is 0 Å². The minimum Gasteiger partial charge on any atom is -0.392 e. The van der Waals surface area contributed by atoms with E-state index in [1.807, 2.05) is 13.8 Å². The third-order valence-electron chi connectivity index (χ3n) is 4.07. The number of nitrogens with one attached hydrogen (secondary N) is 2. The Kier molecular flexibility index (Phi) is 4.68. The maximum atomic E-state index is 11.9. The van der Waals surface area contributed by atoms with Crippen LogP contribution < -0.4 is 10.6 Å². The number of hydrogen-bond donors (Lipinski definition) is 3. The molecule has 0 bridgehead atoms. The lowest BCUT2D eigenvalue weighted by Crippen LogP contribution is -2.62. The van der Waals surface area contributed by atoms with Gasteiger partial charge < -0.3 is 15.7 Å². The average Bonchev–Trinajstić information content (AvgIpc) is 2.45. The molecule has 0 aromatic heterocycles. The van der Waals surface area contributed by atoms with Crippen molar-refractivity contribution in [3.63, 3.8) is 0 Å². The molecule has 0 saturated heterocycles. The SMILES string of the molecule is CC1(C)C(O)CC1NC(=O)CNC(=O)c1ccc(Br)cc1. The number of halogens is 1. The third kappa shape index (κ3) is 3.63. The van der Waals surface area contributed by atoms with Crippen LogP contribution in [0.15, 0.2) is 28.7 Å². The molecule has 0 heterocycles. The summed E-state index contributed by atoms with van der Waals surface area (Å²) >= 11 is 3.30. The van der Waals surface area contributed by atoms with E-state index in [4.69, 9.17) is 0 Å². The smallest absolute Gasteiger partial charge is 0.251 e. The summed E-state index contributed by atoms with van der Waals surface area (Å²) in [5.41, 5.74) is 0.191. The predicted octanol–water partition coefficient (Wildman–Crippen LogP) is 1.45. The van der Waals surface area contributed by atoms with Gasteiger partial charge in [-0.1, -0.05) is 29.8 Å². The highest BCUT2D eigenvalue weighted by molar-refractivity contribution is 9.10. The normalized spacial score (nSPS) is 23.0. The first kappa shape index (κ1) is 16.0. The largest absolute Gasteiger partial charge is 0.392 e. The number of hydrogen-bond acceptors (Lipinski definition) is 3. The van der Waals surface area contributed by atoms with Crippen LogP contribution in [0.4, 0.5) is 0 Å². The molecule has 2 atom stereocenters. The van der Waals surface area contributed by atoms with Crippen molar-refractivity contribution >= 4 is 27.7 Å². The summed E-state index contributed by atoms with van der Waals surface area (Å²) in [5.74, 6) is -0.531. The maximum Gasteiger partial charge on any atom is 0.251 e. The van der Waals surface area contributed by atoms with E-state index < -0.39 is 0 Å². The van der Waals surface area contributed by atoms with E-state index in [-0.39, 0.29) is 35.9 Å². The molecule has 1 saturated carbocycles. The summed E-state index contributed by atoms with van der Waals surface area (Å²) in [6.07, 6.45) is 0.166. The molecule has 21 heavy (non-hydrogen) atoms. The zero-order valence-electron chi connectivity index (χ0n) is 12.0. The Balaban J connectivity index is 1.79. The number of benzene rings is 1. The summed E-state index contributed by atoms with van der Waals surface area (Å²) in [7, 11) is 0. The highest BCUT2D eigenvalue weighted by Crippen LogP contribution is 2.40. The molecule has 2 unspecified atom stereocenters. The number of aliphatic hydroxyl groups is 1. The molecule has 1 aliphatic rings. The Morgan fingerprint density at radius 1 is 1.33 bits per heavy atom. The molecule has 5 nitrogen and oxygen atoms in total. The van der Waals surface area contributed by atoms with Gasteiger partial charge in [0.05, 0.1) is 12.6 Å². The van der Waals surface area contributed by atoms with Gasteiger partial charge in [0.1, 0.15) is 0 Å². The lowest BCUT2D eigenvalue weighted by atomic mass is 9.64. The lowest BCUT2D eigenvalue weighted by Gasteiger charge is -2.49. The van der Waals surface area contributed by atoms with Gasteiger partial charge in [0, 0.05) is 21.5 Å². The molecular weight excluding hydrogens is 336 g/mol. The van der Waals surface area contributed by atoms with Crippen LogP contribution in [0.3, 0.4) is 0 Å². The van der Waals surface area contributed by atoms with Crippen molar-refractivity contribution in [1.82, 2.24) is 10.6 Å². The first-order valence-corrected chi connectivity index (χ1v) is 7.61. The van der Waals surface area contributed by atoms with Gasteiger partial charge in [0.25, 0.3) is 5.91 Å². The number of carbonyl (C=O) groups excluding carboxylic acids is 2. The van der Waals surface area contributed by atoms with Crippen molar-refractivity contribution in [2.75, 3.05) is 6.54 Å². The van der Waals surface area contributed by atoms with Crippen LogP contribution >= 0.6 is 15.9 Å². The molecule has 114 valence electrons. The monoisotopic (exact) mass is 354 g/mol. The van der Waals surface area contributed by atoms with E-state index in [0.717, 1.165) is 4.47 Å². The molecule has 0 spiro atoms. The first-order chi connectivity index (χ1) is 9.80. The lowest BCUT2D eigenvalue weighted by molar-refractivity contribution is -0.128. The summed E-state index contributed by atoms with van der Waals surface area (Å²) in [4.78, 5) is 23.7. The van der Waals surface area contributed by atoms with Crippen LogP contribution in [0, 0.1) is 5.41 Å². The fourth-order valence-corrected chi connectivity index (χ4v) is 2.52. The van der Waals surface area contributed by atoms with E-state index in [0.29, 0.717) is 12.0 Å². The third-order valence-corrected chi connectivity index (χ3v) is 4.60. The fourth-order valence-electron chi connectivity index (χ4n) is 2.26. The van der Waals surface area contributed by atoms with Crippen LogP contribution in [-0.4, -0.2) is 35.6 Å². The standard InChI is InChI=1S/C15H19BrN2O3/c1-15(2)11(7-12(15)19)18-13(20)8-17-14(21)9-3-5-10(16)6-4-9/h3-6,11-12,19H,7-8H2,1-2H3,(H,17,21)(H,18,20). The Labute approximate surface area is 132 Å². The number of rotatable bonds is 4. The topological polar surface area (TPSA) is 78.4 Å². The van der Waals surface area contributed by atoms with E-state index >= 15 is 0 Å². The summed E-state index contributed by atoms with van der Waals surface area (Å²) in [6, 6.07) is 6.86. The molecule has 1 aromatic carbocycles. The van der Waals surface area contributed by atoms with Crippen LogP contribution in [0.1, 0.15) is 30.6 Å². The van der Waals surface area contributed by atoms with Crippen LogP contribution in [0.5, 0.6) is 0 Å². The van der Waals surface area contributed by atoms with Gasteiger partial charge in [-0.2, -0.15) is 0 Å².